The number of ether oxygens (including phenoxy) is 1. The molecular weight excluding hydrogens is 330 g/mol. The highest BCUT2D eigenvalue weighted by atomic mass is 16.5. The monoisotopic (exact) mass is 347 g/mol. The van der Waals surface area contributed by atoms with Gasteiger partial charge in [-0.05, 0) is 36.8 Å². The first-order valence-electron chi connectivity index (χ1n) is 8.13. The zero-order valence-electron chi connectivity index (χ0n) is 14.1. The predicted molar refractivity (Wildman–Crippen MR) is 96.6 cm³/mol. The first-order valence-corrected chi connectivity index (χ1v) is 8.13. The van der Waals surface area contributed by atoms with Crippen molar-refractivity contribution in [3.05, 3.63) is 77.8 Å². The van der Waals surface area contributed by atoms with E-state index in [1.165, 1.54) is 6.33 Å². The summed E-state index contributed by atoms with van der Waals surface area (Å²) in [6.07, 6.45) is 1.44. The van der Waals surface area contributed by atoms with Gasteiger partial charge in [-0.25, -0.2) is 4.68 Å². The van der Waals surface area contributed by atoms with E-state index in [-0.39, 0.29) is 0 Å². The van der Waals surface area contributed by atoms with Gasteiger partial charge in [0.2, 0.25) is 11.9 Å². The van der Waals surface area contributed by atoms with Crippen LogP contribution in [0, 0.1) is 0 Å². The van der Waals surface area contributed by atoms with Gasteiger partial charge in [-0.2, -0.15) is 10.1 Å². The summed E-state index contributed by atoms with van der Waals surface area (Å²) in [6, 6.07) is 16.6. The number of benzene rings is 2. The molecule has 0 fully saturated rings. The normalized spacial score (nSPS) is 16.0. The molecule has 1 aromatic heterocycles. The number of para-hydroxylation sites is 1. The van der Waals surface area contributed by atoms with Gasteiger partial charge in [0.05, 0.1) is 5.57 Å². The van der Waals surface area contributed by atoms with Crippen LogP contribution in [0.5, 0.6) is 11.5 Å². The molecule has 0 radical (unpaired) electrons. The van der Waals surface area contributed by atoms with Gasteiger partial charge in [-0.15, -0.1) is 0 Å². The fourth-order valence-electron chi connectivity index (χ4n) is 3.09. The quantitative estimate of drug-likeness (QED) is 0.757. The van der Waals surface area contributed by atoms with Gasteiger partial charge in [-0.1, -0.05) is 30.3 Å². The molecule has 2 aromatic carbocycles. The van der Waals surface area contributed by atoms with E-state index in [1.807, 2.05) is 54.6 Å². The van der Waals surface area contributed by atoms with E-state index in [4.69, 9.17) is 10.5 Å². The van der Waals surface area contributed by atoms with E-state index in [0.29, 0.717) is 23.0 Å². The second-order valence-electron chi connectivity index (χ2n) is 5.95. The number of hydrogen-bond donors (Lipinski definition) is 2. The Hall–Kier alpha value is -3.61. The van der Waals surface area contributed by atoms with Crippen molar-refractivity contribution >= 4 is 11.9 Å². The second kappa shape index (κ2) is 6.36. The summed E-state index contributed by atoms with van der Waals surface area (Å²) >= 11 is 0. The molecule has 0 saturated carbocycles. The Balaban J connectivity index is 1.77. The van der Waals surface area contributed by atoms with Crippen LogP contribution in [0.4, 0.5) is 5.95 Å². The molecule has 0 aliphatic carbocycles. The first-order chi connectivity index (χ1) is 12.6. The van der Waals surface area contributed by atoms with E-state index in [9.17, 15) is 4.79 Å². The molecule has 1 aliphatic rings. The molecule has 0 saturated heterocycles. The second-order valence-corrected chi connectivity index (χ2v) is 5.95. The fraction of sp³-hybridized carbons (Fsp3) is 0.105. The number of aromatic nitrogens is 3. The lowest BCUT2D eigenvalue weighted by Gasteiger charge is -2.27. The maximum Gasteiger partial charge on any atom is 0.248 e. The van der Waals surface area contributed by atoms with Crippen molar-refractivity contribution in [1.29, 1.82) is 0 Å². The van der Waals surface area contributed by atoms with Crippen molar-refractivity contribution in [2.75, 3.05) is 5.32 Å². The minimum absolute atomic E-state index is 0.444. The number of fused-ring (bicyclic) bond motifs is 1. The zero-order chi connectivity index (χ0) is 18.1. The van der Waals surface area contributed by atoms with Crippen LogP contribution < -0.4 is 15.8 Å². The number of primary amides is 1. The Morgan fingerprint density at radius 1 is 1.15 bits per heavy atom. The molecular formula is C19H17N5O2. The summed E-state index contributed by atoms with van der Waals surface area (Å²) in [5, 5.41) is 7.32. The Labute approximate surface area is 150 Å². The van der Waals surface area contributed by atoms with Crippen molar-refractivity contribution in [2.24, 2.45) is 5.73 Å². The molecule has 130 valence electrons. The third-order valence-electron chi connectivity index (χ3n) is 4.21. The molecule has 1 amide bonds. The molecule has 7 nitrogen and oxygen atoms in total. The van der Waals surface area contributed by atoms with Crippen LogP contribution in [-0.4, -0.2) is 20.7 Å². The van der Waals surface area contributed by atoms with Crippen LogP contribution in [-0.2, 0) is 4.79 Å². The van der Waals surface area contributed by atoms with Gasteiger partial charge in [-0.3, -0.25) is 4.79 Å². The zero-order valence-corrected chi connectivity index (χ0v) is 14.1. The molecule has 0 bridgehead atoms. The maximum atomic E-state index is 12.1. The van der Waals surface area contributed by atoms with E-state index in [1.54, 1.807) is 11.6 Å². The lowest BCUT2D eigenvalue weighted by molar-refractivity contribution is -0.115. The summed E-state index contributed by atoms with van der Waals surface area (Å²) < 4.78 is 7.56. The topological polar surface area (TPSA) is 95.1 Å². The lowest BCUT2D eigenvalue weighted by atomic mass is 9.95. The number of nitrogens with zero attached hydrogens (tertiary/aromatic N) is 3. The Morgan fingerprint density at radius 2 is 1.92 bits per heavy atom. The van der Waals surface area contributed by atoms with E-state index in [2.05, 4.69) is 15.4 Å². The molecule has 7 heteroatoms. The molecule has 1 unspecified atom stereocenters. The van der Waals surface area contributed by atoms with Gasteiger partial charge in [0.15, 0.2) is 0 Å². The molecule has 1 atom stereocenters. The summed E-state index contributed by atoms with van der Waals surface area (Å²) in [4.78, 5) is 16.3. The SMILES string of the molecule is CC1=C(C(N)=O)C(c2cccc(Oc3ccccc3)c2)n2ncnc2N1. The predicted octanol–water partition coefficient (Wildman–Crippen LogP) is 2.84. The largest absolute Gasteiger partial charge is 0.457 e. The smallest absolute Gasteiger partial charge is 0.248 e. The van der Waals surface area contributed by atoms with Gasteiger partial charge in [0, 0.05) is 5.70 Å². The molecule has 26 heavy (non-hydrogen) atoms. The lowest BCUT2D eigenvalue weighted by Crippen LogP contribution is -2.31. The highest BCUT2D eigenvalue weighted by Crippen LogP contribution is 2.36. The number of anilines is 1. The molecule has 3 aromatic rings. The van der Waals surface area contributed by atoms with E-state index in [0.717, 1.165) is 11.3 Å². The molecule has 2 heterocycles. The van der Waals surface area contributed by atoms with Crippen LogP contribution >= 0.6 is 0 Å². The number of allylic oxidation sites excluding steroid dienone is 1. The van der Waals surface area contributed by atoms with Crippen molar-refractivity contribution in [1.82, 2.24) is 14.8 Å². The van der Waals surface area contributed by atoms with Crippen LogP contribution in [0.1, 0.15) is 18.5 Å². The van der Waals surface area contributed by atoms with Gasteiger partial charge in [0.25, 0.3) is 0 Å². The number of carbonyl (C=O) groups is 1. The minimum atomic E-state index is -0.504. The van der Waals surface area contributed by atoms with Gasteiger partial charge < -0.3 is 15.8 Å². The fourth-order valence-corrected chi connectivity index (χ4v) is 3.09. The average molecular weight is 347 g/mol. The Morgan fingerprint density at radius 3 is 2.69 bits per heavy atom. The number of amides is 1. The van der Waals surface area contributed by atoms with Crippen molar-refractivity contribution in [2.45, 2.75) is 13.0 Å². The van der Waals surface area contributed by atoms with Gasteiger partial charge >= 0.3 is 0 Å². The standard InChI is InChI=1S/C19H17N5O2/c1-12-16(18(20)25)17(24-19(23-12)21-11-22-24)13-6-5-9-15(10-13)26-14-7-3-2-4-8-14/h2-11,17H,1H3,(H2,20,25)(H,21,22,23). The van der Waals surface area contributed by atoms with Crippen LogP contribution in [0.2, 0.25) is 0 Å². The maximum absolute atomic E-state index is 12.1. The third kappa shape index (κ3) is 2.79. The number of hydrogen-bond acceptors (Lipinski definition) is 5. The summed E-state index contributed by atoms with van der Waals surface area (Å²) in [5.41, 5.74) is 7.59. The third-order valence-corrected chi connectivity index (χ3v) is 4.21. The van der Waals surface area contributed by atoms with Gasteiger partial charge in [0.1, 0.15) is 23.9 Å². The van der Waals surface area contributed by atoms with Crippen molar-refractivity contribution in [3.63, 3.8) is 0 Å². The summed E-state index contributed by atoms with van der Waals surface area (Å²) in [5.74, 6) is 1.45. The average Bonchev–Trinajstić information content (AvgIpc) is 3.09. The summed E-state index contributed by atoms with van der Waals surface area (Å²) in [7, 11) is 0. The van der Waals surface area contributed by atoms with Crippen molar-refractivity contribution in [3.8, 4) is 11.5 Å². The van der Waals surface area contributed by atoms with Crippen molar-refractivity contribution < 1.29 is 9.53 Å². The molecule has 0 spiro atoms. The first kappa shape index (κ1) is 15.9. The number of nitrogens with one attached hydrogen (secondary N) is 1. The summed E-state index contributed by atoms with van der Waals surface area (Å²) in [6.45, 7) is 1.80. The van der Waals surface area contributed by atoms with Crippen LogP contribution in [0.3, 0.4) is 0 Å². The van der Waals surface area contributed by atoms with E-state index >= 15 is 0 Å². The highest BCUT2D eigenvalue weighted by molar-refractivity contribution is 5.95. The minimum Gasteiger partial charge on any atom is -0.457 e. The Kier molecular flexibility index (Phi) is 3.89. The number of nitrogens with two attached hydrogens (primary N) is 1. The molecule has 3 N–H and O–H groups in total. The van der Waals surface area contributed by atoms with E-state index < -0.39 is 11.9 Å². The van der Waals surface area contributed by atoms with Crippen LogP contribution in [0.25, 0.3) is 0 Å². The molecule has 4 rings (SSSR count). The van der Waals surface area contributed by atoms with Crippen LogP contribution in [0.15, 0.2) is 72.2 Å². The Bertz CT molecular complexity index is 994. The molecule has 1 aliphatic heterocycles. The number of rotatable bonds is 4. The highest BCUT2D eigenvalue weighted by Gasteiger charge is 2.32. The number of carbonyl (C=O) groups excluding carboxylic acids is 1.